The summed E-state index contributed by atoms with van der Waals surface area (Å²) in [6.07, 6.45) is 5.50. The molecule has 7 heteroatoms. The normalized spacial score (nSPS) is 19.9. The molecular weight excluding hydrogens is 318 g/mol. The zero-order valence-electron chi connectivity index (χ0n) is 14.7. The lowest BCUT2D eigenvalue weighted by Crippen LogP contribution is -2.40. The number of hydrogen-bond acceptors (Lipinski definition) is 4. The maximum absolute atomic E-state index is 12.9. The lowest BCUT2D eigenvalue weighted by Gasteiger charge is -2.34. The fraction of sp³-hybridized carbons (Fsp3) is 0.556. The van der Waals surface area contributed by atoms with Crippen LogP contribution < -0.4 is 5.56 Å². The van der Waals surface area contributed by atoms with Crippen LogP contribution in [0.5, 0.6) is 0 Å². The van der Waals surface area contributed by atoms with E-state index in [0.717, 1.165) is 56.0 Å². The van der Waals surface area contributed by atoms with Gasteiger partial charge in [0.2, 0.25) is 0 Å². The van der Waals surface area contributed by atoms with Crippen LogP contribution in [0.1, 0.15) is 52.8 Å². The van der Waals surface area contributed by atoms with Crippen molar-refractivity contribution in [1.29, 1.82) is 0 Å². The van der Waals surface area contributed by atoms with Gasteiger partial charge in [0, 0.05) is 56.5 Å². The van der Waals surface area contributed by atoms with Crippen molar-refractivity contribution in [3.63, 3.8) is 0 Å². The van der Waals surface area contributed by atoms with E-state index in [9.17, 15) is 9.59 Å². The molecule has 1 atom stereocenters. The Hall–Kier alpha value is -2.44. The number of fused-ring (bicyclic) bond motifs is 1. The van der Waals surface area contributed by atoms with Crippen LogP contribution in [0.25, 0.3) is 0 Å². The number of carbonyl (C=O) groups is 1. The Morgan fingerprint density at radius 1 is 1.28 bits per heavy atom. The molecule has 0 bridgehead atoms. The van der Waals surface area contributed by atoms with E-state index in [-0.39, 0.29) is 17.4 Å². The average molecular weight is 341 g/mol. The highest BCUT2D eigenvalue weighted by Crippen LogP contribution is 2.29. The summed E-state index contributed by atoms with van der Waals surface area (Å²) in [4.78, 5) is 30.9. The maximum Gasteiger partial charge on any atom is 0.273 e. The third-order valence-corrected chi connectivity index (χ3v) is 5.51. The van der Waals surface area contributed by atoms with Crippen molar-refractivity contribution in [2.24, 2.45) is 7.05 Å². The van der Waals surface area contributed by atoms with Crippen LogP contribution in [0, 0.1) is 6.92 Å². The van der Waals surface area contributed by atoms with Crippen molar-refractivity contribution < 1.29 is 4.79 Å². The van der Waals surface area contributed by atoms with Gasteiger partial charge in [-0.25, -0.2) is 0 Å². The minimum atomic E-state index is -0.158. The first-order valence-electron chi connectivity index (χ1n) is 8.93. The second kappa shape index (κ2) is 6.13. The molecule has 1 amide bonds. The molecule has 0 aromatic carbocycles. The van der Waals surface area contributed by atoms with Crippen molar-refractivity contribution in [1.82, 2.24) is 24.2 Å². The van der Waals surface area contributed by atoms with Crippen LogP contribution >= 0.6 is 0 Å². The Morgan fingerprint density at radius 3 is 2.88 bits per heavy atom. The van der Waals surface area contributed by atoms with Gasteiger partial charge in [0.25, 0.3) is 11.5 Å². The minimum Gasteiger partial charge on any atom is -0.338 e. The maximum atomic E-state index is 12.9. The third-order valence-electron chi connectivity index (χ3n) is 5.51. The molecule has 2 aromatic heterocycles. The molecule has 2 aromatic rings. The molecule has 1 saturated heterocycles. The van der Waals surface area contributed by atoms with Gasteiger partial charge in [-0.1, -0.05) is 0 Å². The molecule has 25 heavy (non-hydrogen) atoms. The molecule has 0 saturated carbocycles. The van der Waals surface area contributed by atoms with Gasteiger partial charge in [0.15, 0.2) is 0 Å². The summed E-state index contributed by atoms with van der Waals surface area (Å²) in [5.41, 5.74) is 2.44. The van der Waals surface area contributed by atoms with Crippen LogP contribution in [-0.2, 0) is 20.0 Å². The van der Waals surface area contributed by atoms with E-state index in [4.69, 9.17) is 0 Å². The summed E-state index contributed by atoms with van der Waals surface area (Å²) < 4.78 is 3.92. The summed E-state index contributed by atoms with van der Waals surface area (Å²) >= 11 is 0. The quantitative estimate of drug-likeness (QED) is 0.824. The topological polar surface area (TPSA) is 73.0 Å². The summed E-state index contributed by atoms with van der Waals surface area (Å²) in [5.74, 6) is 1.13. The average Bonchev–Trinajstić information content (AvgIpc) is 3.21. The van der Waals surface area contributed by atoms with Crippen molar-refractivity contribution >= 4 is 5.91 Å². The number of piperidine rings is 1. The first-order chi connectivity index (χ1) is 12.0. The standard InChI is InChI=1S/C18H23N5O2/c1-12-14(10-19-21(12)2)18(25)22-7-3-5-13(11-22)15-9-17(24)20-16-6-4-8-23(15)16/h9-10,13H,3-8,11H2,1-2H3. The molecule has 1 unspecified atom stereocenters. The van der Waals surface area contributed by atoms with Crippen molar-refractivity contribution in [2.75, 3.05) is 13.1 Å². The third kappa shape index (κ3) is 2.77. The fourth-order valence-corrected chi connectivity index (χ4v) is 4.04. The number of aryl methyl sites for hydroxylation is 2. The van der Waals surface area contributed by atoms with E-state index in [1.807, 2.05) is 18.9 Å². The highest BCUT2D eigenvalue weighted by molar-refractivity contribution is 5.95. The molecule has 0 N–H and O–H groups in total. The van der Waals surface area contributed by atoms with Crippen LogP contribution in [0.2, 0.25) is 0 Å². The summed E-state index contributed by atoms with van der Waals surface area (Å²) in [6, 6.07) is 1.67. The Bertz CT molecular complexity index is 882. The molecule has 2 aliphatic heterocycles. The molecule has 7 nitrogen and oxygen atoms in total. The first-order valence-corrected chi connectivity index (χ1v) is 8.93. The molecule has 2 aliphatic rings. The van der Waals surface area contributed by atoms with Gasteiger partial charge in [0.05, 0.1) is 11.8 Å². The lowest BCUT2D eigenvalue weighted by atomic mass is 9.93. The highest BCUT2D eigenvalue weighted by Gasteiger charge is 2.30. The molecule has 0 aliphatic carbocycles. The number of rotatable bonds is 2. The predicted molar refractivity (Wildman–Crippen MR) is 92.6 cm³/mol. The zero-order chi connectivity index (χ0) is 17.6. The van der Waals surface area contributed by atoms with E-state index in [1.54, 1.807) is 16.9 Å². The largest absolute Gasteiger partial charge is 0.338 e. The van der Waals surface area contributed by atoms with Crippen LogP contribution in [0.4, 0.5) is 0 Å². The second-order valence-corrected chi connectivity index (χ2v) is 7.05. The number of amides is 1. The SMILES string of the molecule is Cc1c(C(=O)N2CCCC(c3cc(=O)nc4n3CCC4)C2)cnn1C. The highest BCUT2D eigenvalue weighted by atomic mass is 16.2. The zero-order valence-corrected chi connectivity index (χ0v) is 14.7. The number of likely N-dealkylation sites (tertiary alicyclic amines) is 1. The van der Waals surface area contributed by atoms with Gasteiger partial charge in [-0.05, 0) is 26.2 Å². The number of carbonyl (C=O) groups excluding carboxylic acids is 1. The number of nitrogens with zero attached hydrogens (tertiary/aromatic N) is 5. The van der Waals surface area contributed by atoms with Crippen molar-refractivity contribution in [3.05, 3.63) is 45.4 Å². The predicted octanol–water partition coefficient (Wildman–Crippen LogP) is 1.25. The van der Waals surface area contributed by atoms with Gasteiger partial charge < -0.3 is 9.47 Å². The Kier molecular flexibility index (Phi) is 3.94. The van der Waals surface area contributed by atoms with Crippen LogP contribution in [0.3, 0.4) is 0 Å². The van der Waals surface area contributed by atoms with Crippen LogP contribution in [0.15, 0.2) is 17.1 Å². The van der Waals surface area contributed by atoms with Gasteiger partial charge in [-0.15, -0.1) is 0 Å². The van der Waals surface area contributed by atoms with E-state index >= 15 is 0 Å². The van der Waals surface area contributed by atoms with Gasteiger partial charge in [0.1, 0.15) is 5.82 Å². The Balaban J connectivity index is 1.61. The number of aromatic nitrogens is 4. The smallest absolute Gasteiger partial charge is 0.273 e. The molecule has 1 fully saturated rings. The number of hydrogen-bond donors (Lipinski definition) is 0. The molecule has 0 radical (unpaired) electrons. The molecule has 4 heterocycles. The van der Waals surface area contributed by atoms with Gasteiger partial charge in [-0.2, -0.15) is 10.1 Å². The van der Waals surface area contributed by atoms with Gasteiger partial charge >= 0.3 is 0 Å². The van der Waals surface area contributed by atoms with E-state index < -0.39 is 0 Å². The summed E-state index contributed by atoms with van der Waals surface area (Å²) in [5, 5.41) is 4.18. The molecule has 132 valence electrons. The van der Waals surface area contributed by atoms with Crippen molar-refractivity contribution in [3.8, 4) is 0 Å². The van der Waals surface area contributed by atoms with E-state index in [1.165, 1.54) is 0 Å². The summed E-state index contributed by atoms with van der Waals surface area (Å²) in [7, 11) is 1.85. The van der Waals surface area contributed by atoms with Crippen LogP contribution in [-0.4, -0.2) is 43.2 Å². The minimum absolute atomic E-state index is 0.0355. The Morgan fingerprint density at radius 2 is 2.12 bits per heavy atom. The Labute approximate surface area is 146 Å². The molecular formula is C18H23N5O2. The van der Waals surface area contributed by atoms with Crippen molar-refractivity contribution in [2.45, 2.75) is 45.1 Å². The lowest BCUT2D eigenvalue weighted by molar-refractivity contribution is 0.0703. The summed E-state index contributed by atoms with van der Waals surface area (Å²) in [6.45, 7) is 4.24. The van der Waals surface area contributed by atoms with Gasteiger partial charge in [-0.3, -0.25) is 14.3 Å². The first kappa shape index (κ1) is 16.1. The van der Waals surface area contributed by atoms with E-state index in [0.29, 0.717) is 12.1 Å². The second-order valence-electron chi connectivity index (χ2n) is 7.05. The fourth-order valence-electron chi connectivity index (χ4n) is 4.04. The molecule has 4 rings (SSSR count). The van der Waals surface area contributed by atoms with E-state index in [2.05, 4.69) is 14.6 Å². The monoisotopic (exact) mass is 341 g/mol. The molecule has 0 spiro atoms.